The zero-order chi connectivity index (χ0) is 13.2. The van der Waals surface area contributed by atoms with Gasteiger partial charge in [-0.3, -0.25) is 0 Å². The van der Waals surface area contributed by atoms with Crippen molar-refractivity contribution in [1.29, 1.82) is 0 Å². The van der Waals surface area contributed by atoms with Crippen molar-refractivity contribution < 1.29 is 14.6 Å². The molecule has 5 nitrogen and oxygen atoms in total. The van der Waals surface area contributed by atoms with Crippen LogP contribution < -0.4 is 5.32 Å². The lowest BCUT2D eigenvalue weighted by Gasteiger charge is -2.29. The number of nitrogens with one attached hydrogen (secondary N) is 1. The van der Waals surface area contributed by atoms with Gasteiger partial charge in [-0.05, 0) is 11.1 Å². The standard InChI is InChI=1S/C14H18N2O3/c17-12-9-10-3-1-2-4-11(10)13(12)15-14(18)16-5-7-19-8-6-16/h1-4,12-13,17H,5-9H2,(H,15,18). The Morgan fingerprint density at radius 1 is 1.32 bits per heavy atom. The monoisotopic (exact) mass is 262 g/mol. The topological polar surface area (TPSA) is 61.8 Å². The fourth-order valence-corrected chi connectivity index (χ4v) is 2.74. The summed E-state index contributed by atoms with van der Waals surface area (Å²) < 4.78 is 5.23. The Hall–Kier alpha value is -1.59. The summed E-state index contributed by atoms with van der Waals surface area (Å²) in [6.07, 6.45) is 0.0620. The molecule has 2 amide bonds. The molecule has 1 fully saturated rings. The quantitative estimate of drug-likeness (QED) is 0.782. The highest BCUT2D eigenvalue weighted by Gasteiger charge is 2.33. The Kier molecular flexibility index (Phi) is 3.40. The van der Waals surface area contributed by atoms with Crippen LogP contribution >= 0.6 is 0 Å². The van der Waals surface area contributed by atoms with E-state index in [1.54, 1.807) is 4.90 Å². The predicted octanol–water partition coefficient (Wildman–Crippen LogP) is 0.687. The van der Waals surface area contributed by atoms with Crippen molar-refractivity contribution in [1.82, 2.24) is 10.2 Å². The number of hydrogen-bond acceptors (Lipinski definition) is 3. The molecule has 3 rings (SSSR count). The van der Waals surface area contributed by atoms with E-state index in [0.717, 1.165) is 11.1 Å². The maximum absolute atomic E-state index is 12.2. The van der Waals surface area contributed by atoms with Gasteiger partial charge in [0.2, 0.25) is 0 Å². The van der Waals surface area contributed by atoms with E-state index in [0.29, 0.717) is 32.7 Å². The molecule has 2 aliphatic rings. The molecular formula is C14H18N2O3. The third kappa shape index (κ3) is 2.43. The Morgan fingerprint density at radius 3 is 2.84 bits per heavy atom. The van der Waals surface area contributed by atoms with Gasteiger partial charge in [0.15, 0.2) is 0 Å². The molecule has 1 aliphatic heterocycles. The summed E-state index contributed by atoms with van der Waals surface area (Å²) in [4.78, 5) is 13.9. The maximum atomic E-state index is 12.2. The van der Waals surface area contributed by atoms with Crippen molar-refractivity contribution in [3.05, 3.63) is 35.4 Å². The molecule has 1 aromatic rings. The molecule has 2 unspecified atom stereocenters. The van der Waals surface area contributed by atoms with Crippen molar-refractivity contribution in [2.75, 3.05) is 26.3 Å². The number of aliphatic hydroxyl groups excluding tert-OH is 1. The molecule has 19 heavy (non-hydrogen) atoms. The molecule has 0 spiro atoms. The SMILES string of the molecule is O=C(NC1c2ccccc2CC1O)N1CCOCC1. The number of nitrogens with zero attached hydrogens (tertiary/aromatic N) is 1. The van der Waals surface area contributed by atoms with Gasteiger partial charge < -0.3 is 20.1 Å². The van der Waals surface area contributed by atoms with Gasteiger partial charge in [-0.15, -0.1) is 0 Å². The van der Waals surface area contributed by atoms with Gasteiger partial charge in [0.1, 0.15) is 0 Å². The van der Waals surface area contributed by atoms with E-state index >= 15 is 0 Å². The Balaban J connectivity index is 1.71. The van der Waals surface area contributed by atoms with E-state index in [1.165, 1.54) is 0 Å². The number of aliphatic hydroxyl groups is 1. The number of hydrogen-bond donors (Lipinski definition) is 2. The number of rotatable bonds is 1. The van der Waals surface area contributed by atoms with Gasteiger partial charge in [0, 0.05) is 19.5 Å². The fourth-order valence-electron chi connectivity index (χ4n) is 2.74. The van der Waals surface area contributed by atoms with Crippen LogP contribution in [0.15, 0.2) is 24.3 Å². The van der Waals surface area contributed by atoms with Gasteiger partial charge in [-0.1, -0.05) is 24.3 Å². The number of carbonyl (C=O) groups excluding carboxylic acids is 1. The molecule has 1 saturated heterocycles. The number of fused-ring (bicyclic) bond motifs is 1. The van der Waals surface area contributed by atoms with Crippen LogP contribution in [0.3, 0.4) is 0 Å². The third-order valence-electron chi connectivity index (χ3n) is 3.78. The van der Waals surface area contributed by atoms with Crippen LogP contribution in [0.4, 0.5) is 4.79 Å². The summed E-state index contributed by atoms with van der Waals surface area (Å²) in [6, 6.07) is 7.44. The van der Waals surface area contributed by atoms with Gasteiger partial charge >= 0.3 is 6.03 Å². The molecule has 0 radical (unpaired) electrons. The first-order valence-corrected chi connectivity index (χ1v) is 6.65. The predicted molar refractivity (Wildman–Crippen MR) is 69.8 cm³/mol. The lowest BCUT2D eigenvalue weighted by Crippen LogP contribution is -2.48. The smallest absolute Gasteiger partial charge is 0.318 e. The maximum Gasteiger partial charge on any atom is 0.318 e. The van der Waals surface area contributed by atoms with Crippen LogP contribution in [0.2, 0.25) is 0 Å². The fraction of sp³-hybridized carbons (Fsp3) is 0.500. The zero-order valence-corrected chi connectivity index (χ0v) is 10.7. The molecule has 0 aromatic heterocycles. The second-order valence-corrected chi connectivity index (χ2v) is 5.00. The molecule has 102 valence electrons. The van der Waals surface area contributed by atoms with E-state index in [2.05, 4.69) is 5.32 Å². The van der Waals surface area contributed by atoms with E-state index in [1.807, 2.05) is 24.3 Å². The van der Waals surface area contributed by atoms with Crippen molar-refractivity contribution in [3.63, 3.8) is 0 Å². The Bertz CT molecular complexity index is 472. The number of morpholine rings is 1. The Morgan fingerprint density at radius 2 is 2.05 bits per heavy atom. The summed E-state index contributed by atoms with van der Waals surface area (Å²) >= 11 is 0. The molecule has 0 saturated carbocycles. The summed E-state index contributed by atoms with van der Waals surface area (Å²) in [5.74, 6) is 0. The van der Waals surface area contributed by atoms with E-state index in [4.69, 9.17) is 4.74 Å². The average molecular weight is 262 g/mol. The molecule has 1 aliphatic carbocycles. The first-order valence-electron chi connectivity index (χ1n) is 6.65. The van der Waals surface area contributed by atoms with Crippen LogP contribution in [-0.2, 0) is 11.2 Å². The normalized spacial score (nSPS) is 26.1. The highest BCUT2D eigenvalue weighted by Crippen LogP contribution is 2.31. The van der Waals surface area contributed by atoms with Crippen LogP contribution in [0, 0.1) is 0 Å². The second kappa shape index (κ2) is 5.19. The minimum absolute atomic E-state index is 0.121. The molecule has 1 aromatic carbocycles. The first kappa shape index (κ1) is 12.4. The van der Waals surface area contributed by atoms with Crippen molar-refractivity contribution >= 4 is 6.03 Å². The molecule has 0 bridgehead atoms. The lowest BCUT2D eigenvalue weighted by atomic mass is 10.1. The minimum Gasteiger partial charge on any atom is -0.390 e. The number of carbonyl (C=O) groups is 1. The largest absolute Gasteiger partial charge is 0.390 e. The molecule has 2 atom stereocenters. The second-order valence-electron chi connectivity index (χ2n) is 5.00. The average Bonchev–Trinajstić information content (AvgIpc) is 2.76. The van der Waals surface area contributed by atoms with Crippen LogP contribution in [0.25, 0.3) is 0 Å². The lowest BCUT2D eigenvalue weighted by molar-refractivity contribution is 0.0503. The van der Waals surface area contributed by atoms with E-state index in [-0.39, 0.29) is 12.1 Å². The van der Waals surface area contributed by atoms with Gasteiger partial charge in [-0.2, -0.15) is 0 Å². The van der Waals surface area contributed by atoms with E-state index < -0.39 is 6.10 Å². The summed E-state index contributed by atoms with van der Waals surface area (Å²) in [7, 11) is 0. The van der Waals surface area contributed by atoms with Gasteiger partial charge in [0.05, 0.1) is 25.4 Å². The van der Waals surface area contributed by atoms with E-state index in [9.17, 15) is 9.90 Å². The molecule has 5 heteroatoms. The molecule has 2 N–H and O–H groups in total. The van der Waals surface area contributed by atoms with Crippen LogP contribution in [0.5, 0.6) is 0 Å². The minimum atomic E-state index is -0.539. The number of ether oxygens (including phenoxy) is 1. The summed E-state index contributed by atoms with van der Waals surface area (Å²) in [6.45, 7) is 2.38. The molecule has 1 heterocycles. The molecular weight excluding hydrogens is 244 g/mol. The summed E-state index contributed by atoms with van der Waals surface area (Å²) in [5.41, 5.74) is 2.14. The Labute approximate surface area is 112 Å². The van der Waals surface area contributed by atoms with Crippen molar-refractivity contribution in [3.8, 4) is 0 Å². The van der Waals surface area contributed by atoms with Crippen molar-refractivity contribution in [2.24, 2.45) is 0 Å². The highest BCUT2D eigenvalue weighted by atomic mass is 16.5. The van der Waals surface area contributed by atoms with Crippen molar-refractivity contribution in [2.45, 2.75) is 18.6 Å². The third-order valence-corrected chi connectivity index (χ3v) is 3.78. The highest BCUT2D eigenvalue weighted by molar-refractivity contribution is 5.75. The first-order chi connectivity index (χ1) is 9.25. The van der Waals surface area contributed by atoms with Crippen LogP contribution in [-0.4, -0.2) is 48.4 Å². The van der Waals surface area contributed by atoms with Gasteiger partial charge in [0.25, 0.3) is 0 Å². The number of urea groups is 1. The van der Waals surface area contributed by atoms with Crippen LogP contribution in [0.1, 0.15) is 17.2 Å². The zero-order valence-electron chi connectivity index (χ0n) is 10.7. The number of amides is 2. The number of benzene rings is 1. The van der Waals surface area contributed by atoms with Gasteiger partial charge in [-0.25, -0.2) is 4.79 Å². The summed E-state index contributed by atoms with van der Waals surface area (Å²) in [5, 5.41) is 13.0.